The van der Waals surface area contributed by atoms with Crippen LogP contribution in [0.5, 0.6) is 0 Å². The number of carbonyl (C=O) groups is 2. The first-order valence-corrected chi connectivity index (χ1v) is 9.72. The maximum atomic E-state index is 12.8. The van der Waals surface area contributed by atoms with E-state index in [1.165, 1.54) is 13.2 Å². The molecule has 31 heavy (non-hydrogen) atoms. The summed E-state index contributed by atoms with van der Waals surface area (Å²) in [5.74, 6) is -0.789. The number of anilines is 1. The lowest BCUT2D eigenvalue weighted by atomic mass is 10.1. The van der Waals surface area contributed by atoms with Gasteiger partial charge in [-0.05, 0) is 53.4 Å². The standard InChI is InChI=1S/C25H20N2O4/c1-31-25(30)20-8-5-9-21(15-20)26-24(29)19-10-12-22-18(14-19)11-13-23(28)27(22)16-17-6-3-2-4-7-17/h2-15H,16H2,1H3,(H,26,29). The highest BCUT2D eigenvalue weighted by Gasteiger charge is 2.11. The van der Waals surface area contributed by atoms with Crippen LogP contribution in [-0.2, 0) is 11.3 Å². The van der Waals surface area contributed by atoms with Crippen LogP contribution in [0, 0.1) is 0 Å². The van der Waals surface area contributed by atoms with Crippen LogP contribution in [0.25, 0.3) is 10.9 Å². The van der Waals surface area contributed by atoms with Gasteiger partial charge in [0.1, 0.15) is 0 Å². The molecule has 0 aliphatic carbocycles. The largest absolute Gasteiger partial charge is 0.465 e. The molecule has 0 fully saturated rings. The molecular weight excluding hydrogens is 392 g/mol. The lowest BCUT2D eigenvalue weighted by molar-refractivity contribution is 0.0600. The van der Waals surface area contributed by atoms with E-state index >= 15 is 0 Å². The third-order valence-corrected chi connectivity index (χ3v) is 4.98. The molecule has 0 aliphatic heterocycles. The number of amides is 1. The van der Waals surface area contributed by atoms with Crippen LogP contribution in [0.15, 0.2) is 89.7 Å². The first-order chi connectivity index (χ1) is 15.0. The van der Waals surface area contributed by atoms with Gasteiger partial charge >= 0.3 is 5.97 Å². The number of rotatable bonds is 5. The third kappa shape index (κ3) is 4.38. The number of carbonyl (C=O) groups excluding carboxylic acids is 2. The molecule has 0 saturated heterocycles. The van der Waals surface area contributed by atoms with Gasteiger partial charge in [-0.2, -0.15) is 0 Å². The summed E-state index contributed by atoms with van der Waals surface area (Å²) in [5.41, 5.74) is 2.95. The van der Waals surface area contributed by atoms with Crippen LogP contribution in [0.4, 0.5) is 5.69 Å². The van der Waals surface area contributed by atoms with Crippen LogP contribution in [0.2, 0.25) is 0 Å². The van der Waals surface area contributed by atoms with Crippen molar-refractivity contribution in [2.45, 2.75) is 6.54 Å². The van der Waals surface area contributed by atoms with Crippen molar-refractivity contribution in [1.29, 1.82) is 0 Å². The van der Waals surface area contributed by atoms with E-state index in [-0.39, 0.29) is 11.5 Å². The zero-order valence-electron chi connectivity index (χ0n) is 16.9. The van der Waals surface area contributed by atoms with Crippen molar-refractivity contribution in [3.8, 4) is 0 Å². The number of nitrogens with one attached hydrogen (secondary N) is 1. The first kappa shape index (κ1) is 20.1. The van der Waals surface area contributed by atoms with Gasteiger partial charge in [0.2, 0.25) is 0 Å². The minimum absolute atomic E-state index is 0.104. The Morgan fingerprint density at radius 1 is 0.871 bits per heavy atom. The van der Waals surface area contributed by atoms with E-state index in [1.807, 2.05) is 30.3 Å². The van der Waals surface area contributed by atoms with Gasteiger partial charge < -0.3 is 14.6 Å². The van der Waals surface area contributed by atoms with Crippen molar-refractivity contribution in [3.63, 3.8) is 0 Å². The highest BCUT2D eigenvalue weighted by Crippen LogP contribution is 2.18. The maximum absolute atomic E-state index is 12.8. The van der Waals surface area contributed by atoms with Gasteiger partial charge in [-0.1, -0.05) is 36.4 Å². The van der Waals surface area contributed by atoms with Gasteiger partial charge in [0, 0.05) is 17.3 Å². The lowest BCUT2D eigenvalue weighted by Gasteiger charge is -2.12. The van der Waals surface area contributed by atoms with E-state index in [0.29, 0.717) is 23.4 Å². The molecular formula is C25H20N2O4. The SMILES string of the molecule is COC(=O)c1cccc(NC(=O)c2ccc3c(ccc(=O)n3Cc3ccccc3)c2)c1. The Labute approximate surface area is 178 Å². The molecule has 4 rings (SSSR count). The fourth-order valence-corrected chi connectivity index (χ4v) is 3.42. The summed E-state index contributed by atoms with van der Waals surface area (Å²) < 4.78 is 6.40. The number of benzene rings is 3. The smallest absolute Gasteiger partial charge is 0.337 e. The van der Waals surface area contributed by atoms with Crippen LogP contribution in [0.1, 0.15) is 26.3 Å². The number of methoxy groups -OCH3 is 1. The van der Waals surface area contributed by atoms with Crippen molar-refractivity contribution in [1.82, 2.24) is 4.57 Å². The summed E-state index contributed by atoms with van der Waals surface area (Å²) in [7, 11) is 1.31. The Kier molecular flexibility index (Phi) is 5.62. The van der Waals surface area contributed by atoms with Gasteiger partial charge in [0.05, 0.1) is 24.7 Å². The van der Waals surface area contributed by atoms with Crippen LogP contribution < -0.4 is 10.9 Å². The molecule has 154 valence electrons. The molecule has 3 aromatic carbocycles. The number of pyridine rings is 1. The molecule has 1 aromatic heterocycles. The van der Waals surface area contributed by atoms with Crippen molar-refractivity contribution >= 4 is 28.5 Å². The highest BCUT2D eigenvalue weighted by molar-refractivity contribution is 6.06. The second-order valence-electron chi connectivity index (χ2n) is 7.04. The van der Waals surface area contributed by atoms with E-state index < -0.39 is 5.97 Å². The van der Waals surface area contributed by atoms with Gasteiger partial charge in [-0.25, -0.2) is 4.79 Å². The fraction of sp³-hybridized carbons (Fsp3) is 0.0800. The molecule has 0 saturated carbocycles. The number of hydrogen-bond acceptors (Lipinski definition) is 4. The normalized spacial score (nSPS) is 10.6. The average Bonchev–Trinajstić information content (AvgIpc) is 2.81. The Balaban J connectivity index is 1.62. The van der Waals surface area contributed by atoms with Gasteiger partial charge in [0.15, 0.2) is 0 Å². The number of fused-ring (bicyclic) bond motifs is 1. The molecule has 0 atom stereocenters. The molecule has 0 bridgehead atoms. The number of hydrogen-bond donors (Lipinski definition) is 1. The Morgan fingerprint density at radius 2 is 1.68 bits per heavy atom. The zero-order chi connectivity index (χ0) is 21.8. The van der Waals surface area contributed by atoms with E-state index in [0.717, 1.165) is 16.5 Å². The van der Waals surface area contributed by atoms with Crippen LogP contribution in [-0.4, -0.2) is 23.6 Å². The molecule has 1 N–H and O–H groups in total. The number of aromatic nitrogens is 1. The van der Waals surface area contributed by atoms with E-state index in [4.69, 9.17) is 4.74 Å². The van der Waals surface area contributed by atoms with Crippen molar-refractivity contribution < 1.29 is 14.3 Å². The second-order valence-corrected chi connectivity index (χ2v) is 7.04. The quantitative estimate of drug-likeness (QED) is 0.501. The Hall–Kier alpha value is -4.19. The third-order valence-electron chi connectivity index (χ3n) is 4.98. The van der Waals surface area contributed by atoms with Crippen molar-refractivity contribution in [2.24, 2.45) is 0 Å². The van der Waals surface area contributed by atoms with Gasteiger partial charge in [-0.15, -0.1) is 0 Å². The summed E-state index contributed by atoms with van der Waals surface area (Å²) in [6.07, 6.45) is 0. The van der Waals surface area contributed by atoms with E-state index in [2.05, 4.69) is 5.32 Å². The Morgan fingerprint density at radius 3 is 2.45 bits per heavy atom. The summed E-state index contributed by atoms with van der Waals surface area (Å²) in [5, 5.41) is 3.58. The summed E-state index contributed by atoms with van der Waals surface area (Å²) in [6.45, 7) is 0.447. The fourth-order valence-electron chi connectivity index (χ4n) is 3.42. The lowest BCUT2D eigenvalue weighted by Crippen LogP contribution is -2.20. The topological polar surface area (TPSA) is 77.4 Å². The predicted molar refractivity (Wildman–Crippen MR) is 119 cm³/mol. The average molecular weight is 412 g/mol. The molecule has 0 unspecified atom stereocenters. The van der Waals surface area contributed by atoms with Gasteiger partial charge in [-0.3, -0.25) is 9.59 Å². The molecule has 6 nitrogen and oxygen atoms in total. The molecule has 0 aliphatic rings. The monoisotopic (exact) mass is 412 g/mol. The highest BCUT2D eigenvalue weighted by atomic mass is 16.5. The zero-order valence-corrected chi connectivity index (χ0v) is 16.9. The minimum atomic E-state index is -0.474. The Bertz CT molecular complexity index is 1330. The van der Waals surface area contributed by atoms with Crippen LogP contribution >= 0.6 is 0 Å². The van der Waals surface area contributed by atoms with Crippen molar-refractivity contribution in [2.75, 3.05) is 12.4 Å². The van der Waals surface area contributed by atoms with Gasteiger partial charge in [0.25, 0.3) is 11.5 Å². The number of nitrogens with zero attached hydrogens (tertiary/aromatic N) is 1. The molecule has 1 amide bonds. The maximum Gasteiger partial charge on any atom is 0.337 e. The second kappa shape index (κ2) is 8.67. The van der Waals surface area contributed by atoms with Crippen molar-refractivity contribution in [3.05, 3.63) is 112 Å². The molecule has 1 heterocycles. The van der Waals surface area contributed by atoms with Crippen LogP contribution in [0.3, 0.4) is 0 Å². The molecule has 6 heteroatoms. The summed E-state index contributed by atoms with van der Waals surface area (Å²) in [4.78, 5) is 36.9. The summed E-state index contributed by atoms with van der Waals surface area (Å²) >= 11 is 0. The van der Waals surface area contributed by atoms with E-state index in [1.54, 1.807) is 53.1 Å². The first-order valence-electron chi connectivity index (χ1n) is 9.72. The number of ether oxygens (including phenoxy) is 1. The predicted octanol–water partition coefficient (Wildman–Crippen LogP) is 4.09. The summed E-state index contributed by atoms with van der Waals surface area (Å²) in [6, 6.07) is 24.7. The number of esters is 1. The molecule has 0 radical (unpaired) electrons. The molecule has 0 spiro atoms. The molecule has 4 aromatic rings. The van der Waals surface area contributed by atoms with E-state index in [9.17, 15) is 14.4 Å². The minimum Gasteiger partial charge on any atom is -0.465 e.